The van der Waals surface area contributed by atoms with Gasteiger partial charge in [-0.05, 0) is 20.4 Å². The lowest BCUT2D eigenvalue weighted by atomic mass is 10.2. The largest absolute Gasteiger partial charge is 0.386 e. The SMILES string of the molecule is CC1CC(NCC(O)C(F)F)CN1C. The molecular weight excluding hydrogens is 190 g/mol. The van der Waals surface area contributed by atoms with Crippen molar-refractivity contribution in [2.75, 3.05) is 20.1 Å². The monoisotopic (exact) mass is 208 g/mol. The maximum absolute atomic E-state index is 12.0. The number of alkyl halides is 2. The quantitative estimate of drug-likeness (QED) is 0.697. The maximum Gasteiger partial charge on any atom is 0.265 e. The highest BCUT2D eigenvalue weighted by Gasteiger charge is 2.27. The molecule has 3 unspecified atom stereocenters. The van der Waals surface area contributed by atoms with E-state index in [0.717, 1.165) is 13.0 Å². The fourth-order valence-electron chi connectivity index (χ4n) is 1.72. The highest BCUT2D eigenvalue weighted by Crippen LogP contribution is 2.14. The fraction of sp³-hybridized carbons (Fsp3) is 1.00. The van der Waals surface area contributed by atoms with E-state index in [9.17, 15) is 8.78 Å². The van der Waals surface area contributed by atoms with E-state index < -0.39 is 12.5 Å². The Morgan fingerprint density at radius 2 is 2.21 bits per heavy atom. The van der Waals surface area contributed by atoms with Crippen molar-refractivity contribution < 1.29 is 13.9 Å². The molecule has 1 aliphatic heterocycles. The maximum atomic E-state index is 12.0. The van der Waals surface area contributed by atoms with E-state index in [1.54, 1.807) is 0 Å². The number of nitrogens with zero attached hydrogens (tertiary/aromatic N) is 1. The zero-order valence-corrected chi connectivity index (χ0v) is 8.58. The normalized spacial score (nSPS) is 31.3. The van der Waals surface area contributed by atoms with Gasteiger partial charge in [0.1, 0.15) is 6.10 Å². The molecule has 14 heavy (non-hydrogen) atoms. The molecule has 0 aliphatic carbocycles. The minimum atomic E-state index is -2.65. The van der Waals surface area contributed by atoms with E-state index in [1.807, 2.05) is 7.05 Å². The van der Waals surface area contributed by atoms with Crippen LogP contribution in [0.15, 0.2) is 0 Å². The third-order valence-corrected chi connectivity index (χ3v) is 2.79. The van der Waals surface area contributed by atoms with Crippen LogP contribution < -0.4 is 5.32 Å². The van der Waals surface area contributed by atoms with Gasteiger partial charge in [-0.1, -0.05) is 0 Å². The molecule has 3 nitrogen and oxygen atoms in total. The number of hydrogen-bond acceptors (Lipinski definition) is 3. The summed E-state index contributed by atoms with van der Waals surface area (Å²) >= 11 is 0. The number of nitrogens with one attached hydrogen (secondary N) is 1. The van der Waals surface area contributed by atoms with Crippen molar-refractivity contribution in [2.45, 2.75) is 38.0 Å². The molecule has 84 valence electrons. The Kier molecular flexibility index (Phi) is 4.22. The molecule has 1 heterocycles. The van der Waals surface area contributed by atoms with Crippen molar-refractivity contribution in [2.24, 2.45) is 0 Å². The van der Waals surface area contributed by atoms with Crippen LogP contribution in [0.2, 0.25) is 0 Å². The number of rotatable bonds is 4. The molecular formula is C9H18F2N2O. The van der Waals surface area contributed by atoms with Gasteiger partial charge in [0.2, 0.25) is 0 Å². The Morgan fingerprint density at radius 1 is 1.57 bits per heavy atom. The number of aliphatic hydroxyl groups is 1. The summed E-state index contributed by atoms with van der Waals surface area (Å²) in [6, 6.07) is 0.708. The first-order valence-corrected chi connectivity index (χ1v) is 4.90. The van der Waals surface area contributed by atoms with Gasteiger partial charge in [-0.25, -0.2) is 8.78 Å². The topological polar surface area (TPSA) is 35.5 Å². The third-order valence-electron chi connectivity index (χ3n) is 2.79. The second kappa shape index (κ2) is 5.00. The summed E-state index contributed by atoms with van der Waals surface area (Å²) in [7, 11) is 2.01. The highest BCUT2D eigenvalue weighted by atomic mass is 19.3. The first-order valence-electron chi connectivity index (χ1n) is 4.90. The minimum Gasteiger partial charge on any atom is -0.386 e. The van der Waals surface area contributed by atoms with Gasteiger partial charge in [0.05, 0.1) is 0 Å². The molecule has 1 rings (SSSR count). The molecule has 0 aromatic heterocycles. The second-order valence-electron chi connectivity index (χ2n) is 4.03. The Labute approximate surface area is 83.1 Å². The molecule has 0 amide bonds. The highest BCUT2D eigenvalue weighted by molar-refractivity contribution is 4.85. The van der Waals surface area contributed by atoms with E-state index in [0.29, 0.717) is 6.04 Å². The van der Waals surface area contributed by atoms with E-state index >= 15 is 0 Å². The molecule has 0 spiro atoms. The van der Waals surface area contributed by atoms with Crippen LogP contribution >= 0.6 is 0 Å². The van der Waals surface area contributed by atoms with Crippen molar-refractivity contribution in [3.63, 3.8) is 0 Å². The minimum absolute atomic E-state index is 0.0249. The number of likely N-dealkylation sites (tertiary alicyclic amines) is 1. The van der Waals surface area contributed by atoms with E-state index in [2.05, 4.69) is 17.1 Å². The average molecular weight is 208 g/mol. The van der Waals surface area contributed by atoms with E-state index in [-0.39, 0.29) is 12.6 Å². The standard InChI is InChI=1S/C9H18F2N2O/c1-6-3-7(5-13(6)2)12-4-8(14)9(10)11/h6-9,12,14H,3-5H2,1-2H3. The van der Waals surface area contributed by atoms with Crippen molar-refractivity contribution in [3.05, 3.63) is 0 Å². The van der Waals surface area contributed by atoms with Crippen LogP contribution in [-0.2, 0) is 0 Å². The van der Waals surface area contributed by atoms with Gasteiger partial charge in [-0.15, -0.1) is 0 Å². The van der Waals surface area contributed by atoms with Crippen molar-refractivity contribution in [3.8, 4) is 0 Å². The summed E-state index contributed by atoms with van der Waals surface area (Å²) in [4.78, 5) is 2.17. The zero-order valence-electron chi connectivity index (χ0n) is 8.58. The third kappa shape index (κ3) is 3.15. The van der Waals surface area contributed by atoms with E-state index in [4.69, 9.17) is 5.11 Å². The van der Waals surface area contributed by atoms with Gasteiger partial charge in [0, 0.05) is 25.2 Å². The second-order valence-corrected chi connectivity index (χ2v) is 4.03. The molecule has 3 atom stereocenters. The Balaban J connectivity index is 2.20. The van der Waals surface area contributed by atoms with Crippen LogP contribution in [0.1, 0.15) is 13.3 Å². The predicted molar refractivity (Wildman–Crippen MR) is 50.5 cm³/mol. The Bertz CT molecular complexity index is 170. The summed E-state index contributed by atoms with van der Waals surface area (Å²) in [6.45, 7) is 2.94. The fourth-order valence-corrected chi connectivity index (χ4v) is 1.72. The van der Waals surface area contributed by atoms with Crippen LogP contribution in [-0.4, -0.2) is 54.8 Å². The summed E-state index contributed by atoms with van der Waals surface area (Å²) in [6.07, 6.45) is -3.25. The van der Waals surface area contributed by atoms with Crippen LogP contribution in [0.4, 0.5) is 8.78 Å². The van der Waals surface area contributed by atoms with Gasteiger partial charge in [0.15, 0.2) is 0 Å². The van der Waals surface area contributed by atoms with Gasteiger partial charge >= 0.3 is 0 Å². The summed E-state index contributed by atoms with van der Waals surface area (Å²) in [5.74, 6) is 0. The Hall–Kier alpha value is -0.260. The number of hydrogen-bond donors (Lipinski definition) is 2. The van der Waals surface area contributed by atoms with Crippen molar-refractivity contribution in [1.29, 1.82) is 0 Å². The van der Waals surface area contributed by atoms with Crippen molar-refractivity contribution in [1.82, 2.24) is 10.2 Å². The lowest BCUT2D eigenvalue weighted by Gasteiger charge is -2.15. The van der Waals surface area contributed by atoms with Gasteiger partial charge in [-0.2, -0.15) is 0 Å². The molecule has 1 aliphatic rings. The molecule has 0 aromatic carbocycles. The summed E-state index contributed by atoms with van der Waals surface area (Å²) in [5.41, 5.74) is 0. The molecule has 2 N–H and O–H groups in total. The number of halogens is 2. The first kappa shape index (κ1) is 11.8. The summed E-state index contributed by atoms with van der Waals surface area (Å²) in [5, 5.41) is 11.8. The molecule has 0 radical (unpaired) electrons. The predicted octanol–water partition coefficient (Wildman–Crippen LogP) is 0.295. The molecule has 0 bridgehead atoms. The lowest BCUT2D eigenvalue weighted by molar-refractivity contribution is -0.00444. The van der Waals surface area contributed by atoms with Gasteiger partial charge in [0.25, 0.3) is 6.43 Å². The van der Waals surface area contributed by atoms with Crippen LogP contribution in [0.25, 0.3) is 0 Å². The van der Waals surface area contributed by atoms with Gasteiger partial charge in [-0.3, -0.25) is 0 Å². The molecule has 1 saturated heterocycles. The summed E-state index contributed by atoms with van der Waals surface area (Å²) < 4.78 is 23.9. The van der Waals surface area contributed by atoms with Crippen LogP contribution in [0, 0.1) is 0 Å². The van der Waals surface area contributed by atoms with Gasteiger partial charge < -0.3 is 15.3 Å². The zero-order chi connectivity index (χ0) is 10.7. The Morgan fingerprint density at radius 3 is 2.64 bits per heavy atom. The van der Waals surface area contributed by atoms with E-state index in [1.165, 1.54) is 0 Å². The molecule has 5 heteroatoms. The smallest absolute Gasteiger partial charge is 0.265 e. The average Bonchev–Trinajstić information content (AvgIpc) is 2.42. The van der Waals surface area contributed by atoms with Crippen molar-refractivity contribution >= 4 is 0 Å². The first-order chi connectivity index (χ1) is 6.50. The lowest BCUT2D eigenvalue weighted by Crippen LogP contribution is -2.39. The molecule has 0 saturated carbocycles. The number of likely N-dealkylation sites (N-methyl/N-ethyl adjacent to an activating group) is 1. The van der Waals surface area contributed by atoms with Crippen LogP contribution in [0.5, 0.6) is 0 Å². The van der Waals surface area contributed by atoms with Crippen LogP contribution in [0.3, 0.4) is 0 Å². The molecule has 0 aromatic rings. The molecule has 1 fully saturated rings. The number of aliphatic hydroxyl groups excluding tert-OH is 1.